The number of rotatable bonds is 26. The number of hydrogen-bond acceptors (Lipinski definition) is 4. The van der Waals surface area contributed by atoms with Crippen molar-refractivity contribution in [3.8, 4) is 0 Å². The predicted octanol–water partition coefficient (Wildman–Crippen LogP) is 7.85. The van der Waals surface area contributed by atoms with E-state index in [4.69, 9.17) is 19.3 Å². The molecule has 1 saturated heterocycles. The molecule has 0 radical (unpaired) electrons. The Morgan fingerprint density at radius 2 is 1.06 bits per heavy atom. The van der Waals surface area contributed by atoms with Gasteiger partial charge in [-0.3, -0.25) is 0 Å². The molecule has 33 heavy (non-hydrogen) atoms. The van der Waals surface area contributed by atoms with Crippen LogP contribution in [-0.2, 0) is 14.2 Å². The van der Waals surface area contributed by atoms with E-state index in [9.17, 15) is 0 Å². The maximum atomic E-state index is 8.78. The predicted molar refractivity (Wildman–Crippen MR) is 140 cm³/mol. The average Bonchev–Trinajstić information content (AvgIpc) is 3.28. The van der Waals surface area contributed by atoms with E-state index in [1.165, 1.54) is 103 Å². The average molecular weight is 471 g/mol. The Morgan fingerprint density at radius 1 is 0.606 bits per heavy atom. The van der Waals surface area contributed by atoms with Crippen LogP contribution in [0.1, 0.15) is 135 Å². The Balaban J connectivity index is 1.72. The topological polar surface area (TPSA) is 47.9 Å². The van der Waals surface area contributed by atoms with Gasteiger partial charge in [-0.25, -0.2) is 0 Å². The molecule has 198 valence electrons. The zero-order chi connectivity index (χ0) is 23.7. The van der Waals surface area contributed by atoms with Gasteiger partial charge in [0, 0.05) is 25.7 Å². The summed E-state index contributed by atoms with van der Waals surface area (Å²) < 4.78 is 17.5. The van der Waals surface area contributed by atoms with E-state index < -0.39 is 0 Å². The Kier molecular flexibility index (Phi) is 23.3. The van der Waals surface area contributed by atoms with E-state index in [0.717, 1.165) is 58.7 Å². The molecule has 1 heterocycles. The number of aliphatic hydroxyl groups is 1. The molecule has 4 heteroatoms. The van der Waals surface area contributed by atoms with Crippen LogP contribution in [0.5, 0.6) is 0 Å². The highest BCUT2D eigenvalue weighted by Crippen LogP contribution is 2.20. The van der Waals surface area contributed by atoms with Crippen molar-refractivity contribution in [2.45, 2.75) is 141 Å². The third-order valence-electron chi connectivity index (χ3n) is 6.91. The van der Waals surface area contributed by atoms with Gasteiger partial charge < -0.3 is 19.3 Å². The van der Waals surface area contributed by atoms with E-state index in [2.05, 4.69) is 6.92 Å². The van der Waals surface area contributed by atoms with Gasteiger partial charge in [0.2, 0.25) is 0 Å². The second-order valence-corrected chi connectivity index (χ2v) is 10.3. The summed E-state index contributed by atoms with van der Waals surface area (Å²) in [5, 5.41) is 8.78. The van der Waals surface area contributed by atoms with Crippen molar-refractivity contribution >= 4 is 0 Å². The van der Waals surface area contributed by atoms with E-state index in [0.29, 0.717) is 5.92 Å². The van der Waals surface area contributed by atoms with E-state index in [1.807, 2.05) is 0 Å². The zero-order valence-electron chi connectivity index (χ0n) is 22.2. The lowest BCUT2D eigenvalue weighted by atomic mass is 10.0. The molecule has 0 aromatic rings. The summed E-state index contributed by atoms with van der Waals surface area (Å²) in [6.07, 6.45) is 26.8. The van der Waals surface area contributed by atoms with Gasteiger partial charge in [-0.15, -0.1) is 0 Å². The van der Waals surface area contributed by atoms with E-state index in [-0.39, 0.29) is 12.7 Å². The van der Waals surface area contributed by atoms with Gasteiger partial charge in [0.15, 0.2) is 0 Å². The maximum absolute atomic E-state index is 8.78. The molecule has 0 unspecified atom stereocenters. The van der Waals surface area contributed by atoms with Crippen LogP contribution in [0.4, 0.5) is 0 Å². The van der Waals surface area contributed by atoms with Crippen LogP contribution in [-0.4, -0.2) is 50.9 Å². The Morgan fingerprint density at radius 3 is 1.58 bits per heavy atom. The largest absolute Gasteiger partial charge is 0.396 e. The van der Waals surface area contributed by atoms with Gasteiger partial charge in [-0.2, -0.15) is 0 Å². The fraction of sp³-hybridized carbons (Fsp3) is 1.00. The minimum absolute atomic E-state index is 0.258. The molecular weight excluding hydrogens is 412 g/mol. The van der Waals surface area contributed by atoms with Crippen molar-refractivity contribution in [1.29, 1.82) is 0 Å². The van der Waals surface area contributed by atoms with Crippen molar-refractivity contribution in [3.05, 3.63) is 0 Å². The van der Waals surface area contributed by atoms with Gasteiger partial charge in [-0.05, 0) is 32.1 Å². The Labute approximate surface area is 206 Å². The molecule has 1 fully saturated rings. The van der Waals surface area contributed by atoms with Crippen LogP contribution < -0.4 is 0 Å². The quantitative estimate of drug-likeness (QED) is 0.131. The van der Waals surface area contributed by atoms with Gasteiger partial charge in [0.05, 0.1) is 25.9 Å². The Bertz CT molecular complexity index is 377. The van der Waals surface area contributed by atoms with Crippen molar-refractivity contribution < 1.29 is 19.3 Å². The van der Waals surface area contributed by atoms with Crippen LogP contribution in [0, 0.1) is 5.92 Å². The van der Waals surface area contributed by atoms with Crippen LogP contribution in [0.3, 0.4) is 0 Å². The van der Waals surface area contributed by atoms with Crippen molar-refractivity contribution in [2.24, 2.45) is 5.92 Å². The second-order valence-electron chi connectivity index (χ2n) is 10.3. The van der Waals surface area contributed by atoms with Gasteiger partial charge in [-0.1, -0.05) is 103 Å². The highest BCUT2D eigenvalue weighted by atomic mass is 16.5. The lowest BCUT2D eigenvalue weighted by Gasteiger charge is -2.11. The van der Waals surface area contributed by atoms with Crippen molar-refractivity contribution in [1.82, 2.24) is 0 Å². The fourth-order valence-corrected chi connectivity index (χ4v) is 4.72. The summed E-state index contributed by atoms with van der Waals surface area (Å²) in [6, 6.07) is 0. The van der Waals surface area contributed by atoms with Crippen LogP contribution in [0.15, 0.2) is 0 Å². The van der Waals surface area contributed by atoms with Crippen LogP contribution in [0.2, 0.25) is 0 Å². The molecule has 0 amide bonds. The number of aliphatic hydroxyl groups excluding tert-OH is 1. The summed E-state index contributed by atoms with van der Waals surface area (Å²) in [7, 11) is 0. The highest BCUT2D eigenvalue weighted by molar-refractivity contribution is 4.73. The second kappa shape index (κ2) is 24.9. The molecule has 2 atom stereocenters. The third kappa shape index (κ3) is 20.9. The first-order valence-electron chi connectivity index (χ1n) is 14.7. The Hall–Kier alpha value is -0.160. The molecule has 0 aliphatic carbocycles. The monoisotopic (exact) mass is 470 g/mol. The first kappa shape index (κ1) is 30.9. The summed E-state index contributed by atoms with van der Waals surface area (Å²) >= 11 is 0. The first-order chi connectivity index (χ1) is 16.4. The van der Waals surface area contributed by atoms with E-state index in [1.54, 1.807) is 0 Å². The first-order valence-corrected chi connectivity index (χ1v) is 14.7. The normalized spacial score (nSPS) is 18.4. The third-order valence-corrected chi connectivity index (χ3v) is 6.91. The minimum atomic E-state index is 0.258. The number of hydrogen-bond donors (Lipinski definition) is 1. The summed E-state index contributed by atoms with van der Waals surface area (Å²) in [6.45, 7) is 6.61. The lowest BCUT2D eigenvalue weighted by molar-refractivity contribution is 0.0141. The molecule has 1 rings (SSSR count). The standard InChI is InChI=1S/C29H58O4/c1-2-3-4-5-6-7-8-9-10-11-12-13-14-15-16-19-23-32-27-29-24-28(26-33-29)25-31-22-20-17-18-21-30/h28-30H,2-27H2,1H3/t28-,29-/m0/s1. The van der Waals surface area contributed by atoms with E-state index >= 15 is 0 Å². The molecule has 0 aromatic carbocycles. The molecule has 4 nitrogen and oxygen atoms in total. The lowest BCUT2D eigenvalue weighted by Crippen LogP contribution is -2.15. The molecular formula is C29H58O4. The van der Waals surface area contributed by atoms with Crippen LogP contribution >= 0.6 is 0 Å². The fourth-order valence-electron chi connectivity index (χ4n) is 4.72. The molecule has 0 spiro atoms. The summed E-state index contributed by atoms with van der Waals surface area (Å²) in [5.74, 6) is 0.520. The van der Waals surface area contributed by atoms with Crippen LogP contribution in [0.25, 0.3) is 0 Å². The number of ether oxygens (including phenoxy) is 3. The minimum Gasteiger partial charge on any atom is -0.396 e. The van der Waals surface area contributed by atoms with Gasteiger partial charge in [0.1, 0.15) is 0 Å². The maximum Gasteiger partial charge on any atom is 0.0813 e. The zero-order valence-corrected chi connectivity index (χ0v) is 22.2. The smallest absolute Gasteiger partial charge is 0.0813 e. The summed E-state index contributed by atoms with van der Waals surface area (Å²) in [5.41, 5.74) is 0. The molecule has 1 aliphatic rings. The molecule has 0 aromatic heterocycles. The SMILES string of the molecule is CCCCCCCCCCCCCCCCCCOC[C@@H]1C[C@@H](COCCCCCO)CO1. The highest BCUT2D eigenvalue weighted by Gasteiger charge is 2.25. The molecule has 1 aliphatic heterocycles. The van der Waals surface area contributed by atoms with Crippen molar-refractivity contribution in [3.63, 3.8) is 0 Å². The number of unbranched alkanes of at least 4 members (excludes halogenated alkanes) is 17. The molecule has 0 saturated carbocycles. The van der Waals surface area contributed by atoms with Crippen molar-refractivity contribution in [2.75, 3.05) is 39.6 Å². The molecule has 0 bridgehead atoms. The molecule has 1 N–H and O–H groups in total. The van der Waals surface area contributed by atoms with Gasteiger partial charge >= 0.3 is 0 Å². The van der Waals surface area contributed by atoms with Gasteiger partial charge in [0.25, 0.3) is 0 Å². The summed E-state index contributed by atoms with van der Waals surface area (Å²) in [4.78, 5) is 0.